The largest absolute Gasteiger partial charge is 0.462 e. The van der Waals surface area contributed by atoms with E-state index in [4.69, 9.17) is 4.74 Å². The number of carbonyl (C=O) groups excluding carboxylic acids is 1. The van der Waals surface area contributed by atoms with Gasteiger partial charge in [0.05, 0.1) is 0 Å². The number of hydrogen-bond acceptors (Lipinski definition) is 2. The minimum Gasteiger partial charge on any atom is -0.462 e. The van der Waals surface area contributed by atoms with Crippen LogP contribution in [0.5, 0.6) is 0 Å². The van der Waals surface area contributed by atoms with Crippen molar-refractivity contribution in [1.29, 1.82) is 0 Å². The molecule has 9 unspecified atom stereocenters. The average molecular weight is 679 g/mol. The molecule has 0 radical (unpaired) electrons. The maximum Gasteiger partial charge on any atom is 0.306 e. The first-order valence-corrected chi connectivity index (χ1v) is 22.2. The first-order valence-electron chi connectivity index (χ1n) is 22.2. The lowest BCUT2D eigenvalue weighted by Crippen LogP contribution is -2.51. The highest BCUT2D eigenvalue weighted by Crippen LogP contribution is 2.67. The Hall–Kier alpha value is -1.05. The van der Waals surface area contributed by atoms with Crippen molar-refractivity contribution in [3.63, 3.8) is 0 Å². The first-order chi connectivity index (χ1) is 23.6. The molecule has 0 aromatic carbocycles. The van der Waals surface area contributed by atoms with Crippen LogP contribution in [0.25, 0.3) is 0 Å². The van der Waals surface area contributed by atoms with E-state index in [1.807, 2.05) is 0 Å². The van der Waals surface area contributed by atoms with Gasteiger partial charge in [0.2, 0.25) is 0 Å². The van der Waals surface area contributed by atoms with Crippen molar-refractivity contribution in [2.45, 2.75) is 215 Å². The van der Waals surface area contributed by atoms with Crippen molar-refractivity contribution in [2.75, 3.05) is 0 Å². The van der Waals surface area contributed by atoms with Crippen LogP contribution in [0.1, 0.15) is 209 Å². The molecule has 0 amide bonds. The number of ether oxygens (including phenoxy) is 1. The molecule has 2 heteroatoms. The summed E-state index contributed by atoms with van der Waals surface area (Å²) in [6, 6.07) is 0. The Bertz CT molecular complexity index is 1020. The lowest BCUT2D eigenvalue weighted by atomic mass is 9.47. The number of allylic oxidation sites excluding steroid dienone is 3. The second-order valence-corrected chi connectivity index (χ2v) is 18.6. The van der Waals surface area contributed by atoms with Gasteiger partial charge in [-0.1, -0.05) is 162 Å². The van der Waals surface area contributed by atoms with Crippen LogP contribution < -0.4 is 0 Å². The molecule has 0 spiro atoms. The van der Waals surface area contributed by atoms with Crippen LogP contribution in [0, 0.1) is 52.3 Å². The van der Waals surface area contributed by atoms with Crippen LogP contribution in [0.3, 0.4) is 0 Å². The Morgan fingerprint density at radius 3 is 1.98 bits per heavy atom. The first kappa shape index (κ1) is 40.7. The fourth-order valence-corrected chi connectivity index (χ4v) is 11.8. The summed E-state index contributed by atoms with van der Waals surface area (Å²) in [6.45, 7) is 17.2. The van der Waals surface area contributed by atoms with Crippen molar-refractivity contribution in [3.05, 3.63) is 23.8 Å². The molecule has 4 aliphatic rings. The van der Waals surface area contributed by atoms with Crippen LogP contribution in [0.4, 0.5) is 0 Å². The summed E-state index contributed by atoms with van der Waals surface area (Å²) >= 11 is 0. The fourth-order valence-electron chi connectivity index (χ4n) is 11.8. The van der Waals surface area contributed by atoms with Crippen LogP contribution in [-0.2, 0) is 9.53 Å². The van der Waals surface area contributed by atoms with Crippen molar-refractivity contribution >= 4 is 5.97 Å². The highest BCUT2D eigenvalue weighted by Gasteiger charge is 2.59. The summed E-state index contributed by atoms with van der Waals surface area (Å²) in [7, 11) is 0. The van der Waals surface area contributed by atoms with Crippen molar-refractivity contribution in [1.82, 2.24) is 0 Å². The summed E-state index contributed by atoms with van der Waals surface area (Å²) in [5, 5.41) is 0. The third-order valence-electron chi connectivity index (χ3n) is 15.0. The number of rotatable bonds is 22. The van der Waals surface area contributed by atoms with Crippen molar-refractivity contribution < 1.29 is 9.53 Å². The minimum absolute atomic E-state index is 0.0600. The van der Waals surface area contributed by atoms with Gasteiger partial charge in [0.1, 0.15) is 6.10 Å². The highest BCUT2D eigenvalue weighted by atomic mass is 16.5. The fraction of sp³-hybridized carbons (Fsp3) is 0.894. The lowest BCUT2D eigenvalue weighted by Gasteiger charge is -2.58. The van der Waals surface area contributed by atoms with Gasteiger partial charge in [0, 0.05) is 12.8 Å². The SMILES string of the molecule is CCCCCCCCCCCCCCCCCC(=O)OC1CCC2(C)C(=CCC3C2CCC2(C)C(C(C)/C=C/C(CC)C(C)C)CCC32)C1. The van der Waals surface area contributed by atoms with Crippen molar-refractivity contribution in [3.8, 4) is 0 Å². The second kappa shape index (κ2) is 20.3. The van der Waals surface area contributed by atoms with Gasteiger partial charge in [-0.15, -0.1) is 0 Å². The summed E-state index contributed by atoms with van der Waals surface area (Å²) < 4.78 is 6.14. The zero-order valence-corrected chi connectivity index (χ0v) is 33.8. The Kier molecular flexibility index (Phi) is 16.8. The summed E-state index contributed by atoms with van der Waals surface area (Å²) in [5.74, 6) is 5.56. The molecule has 0 aliphatic heterocycles. The van der Waals surface area contributed by atoms with Gasteiger partial charge < -0.3 is 4.74 Å². The van der Waals surface area contributed by atoms with E-state index in [1.54, 1.807) is 5.57 Å². The molecule has 49 heavy (non-hydrogen) atoms. The van der Waals surface area contributed by atoms with Gasteiger partial charge in [0.15, 0.2) is 0 Å². The maximum absolute atomic E-state index is 12.8. The molecule has 0 N–H and O–H groups in total. The number of carbonyl (C=O) groups is 1. The molecular formula is C47H82O2. The quantitative estimate of drug-likeness (QED) is 0.0647. The Balaban J connectivity index is 1.13. The molecule has 0 saturated heterocycles. The zero-order chi connectivity index (χ0) is 35.3. The van der Waals surface area contributed by atoms with Gasteiger partial charge in [0.25, 0.3) is 0 Å². The predicted octanol–water partition coefficient (Wildman–Crippen LogP) is 14.6. The summed E-state index contributed by atoms with van der Waals surface area (Å²) in [5.41, 5.74) is 2.45. The number of hydrogen-bond donors (Lipinski definition) is 0. The van der Waals surface area contributed by atoms with Gasteiger partial charge in [-0.25, -0.2) is 0 Å². The van der Waals surface area contributed by atoms with E-state index in [2.05, 4.69) is 66.7 Å². The summed E-state index contributed by atoms with van der Waals surface area (Å²) in [6.07, 6.45) is 40.3. The number of unbranched alkanes of at least 4 members (excludes halogenated alkanes) is 14. The Morgan fingerprint density at radius 2 is 1.39 bits per heavy atom. The van der Waals surface area contributed by atoms with E-state index in [0.717, 1.165) is 48.9 Å². The average Bonchev–Trinajstić information content (AvgIpc) is 3.44. The van der Waals surface area contributed by atoms with Gasteiger partial charge >= 0.3 is 5.97 Å². The molecule has 0 bridgehead atoms. The molecular weight excluding hydrogens is 597 g/mol. The van der Waals surface area contributed by atoms with Crippen LogP contribution in [0.15, 0.2) is 23.8 Å². The molecule has 4 aliphatic carbocycles. The molecule has 9 atom stereocenters. The number of fused-ring (bicyclic) bond motifs is 5. The standard InChI is InChI=1S/C47H82O2/c1-8-10-11-12-13-14-15-16-17-18-19-20-21-22-23-24-45(48)49-40-31-33-46(6)39(35-40)27-28-41-43-30-29-42(47(43,7)34-32-44(41)46)37(5)25-26-38(9-2)36(3)4/h25-27,36-38,40-44H,8-24,28-35H2,1-7H3/b26-25+. The molecule has 0 aromatic heterocycles. The zero-order valence-electron chi connectivity index (χ0n) is 33.8. The van der Waals surface area contributed by atoms with Gasteiger partial charge in [-0.2, -0.15) is 0 Å². The monoisotopic (exact) mass is 679 g/mol. The van der Waals surface area contributed by atoms with E-state index in [1.165, 1.54) is 135 Å². The number of esters is 1. The topological polar surface area (TPSA) is 26.3 Å². The molecule has 3 fully saturated rings. The van der Waals surface area contributed by atoms with Crippen molar-refractivity contribution in [2.24, 2.45) is 52.3 Å². The normalized spacial score (nSPS) is 32.4. The van der Waals surface area contributed by atoms with Crippen LogP contribution in [-0.4, -0.2) is 12.1 Å². The third kappa shape index (κ3) is 11.0. The van der Waals surface area contributed by atoms with E-state index in [-0.39, 0.29) is 12.1 Å². The molecule has 282 valence electrons. The lowest BCUT2D eigenvalue weighted by molar-refractivity contribution is -0.151. The smallest absolute Gasteiger partial charge is 0.306 e. The predicted molar refractivity (Wildman–Crippen MR) is 212 cm³/mol. The Morgan fingerprint density at radius 1 is 0.776 bits per heavy atom. The van der Waals surface area contributed by atoms with E-state index in [0.29, 0.717) is 29.1 Å². The van der Waals surface area contributed by atoms with Crippen LogP contribution in [0.2, 0.25) is 0 Å². The molecule has 0 aromatic rings. The Labute approximate surface area is 305 Å². The molecule has 2 nitrogen and oxygen atoms in total. The molecule has 3 saturated carbocycles. The van der Waals surface area contributed by atoms with E-state index >= 15 is 0 Å². The minimum atomic E-state index is 0.0600. The third-order valence-corrected chi connectivity index (χ3v) is 15.0. The molecule has 0 heterocycles. The van der Waals surface area contributed by atoms with E-state index < -0.39 is 0 Å². The summed E-state index contributed by atoms with van der Waals surface area (Å²) in [4.78, 5) is 12.8. The maximum atomic E-state index is 12.8. The second-order valence-electron chi connectivity index (χ2n) is 18.6. The highest BCUT2D eigenvalue weighted by molar-refractivity contribution is 5.69. The van der Waals surface area contributed by atoms with Crippen LogP contribution >= 0.6 is 0 Å². The molecule has 4 rings (SSSR count). The van der Waals surface area contributed by atoms with Gasteiger partial charge in [-0.05, 0) is 110 Å². The van der Waals surface area contributed by atoms with E-state index in [9.17, 15) is 4.79 Å². The van der Waals surface area contributed by atoms with Gasteiger partial charge in [-0.3, -0.25) is 4.79 Å².